The summed E-state index contributed by atoms with van der Waals surface area (Å²) in [5, 5.41) is 11.4. The molecule has 0 aliphatic rings. The Kier molecular flexibility index (Phi) is 4.11. The van der Waals surface area contributed by atoms with E-state index in [4.69, 9.17) is 16.7 Å². The highest BCUT2D eigenvalue weighted by Crippen LogP contribution is 2.38. The molecule has 1 aromatic heterocycles. The molecule has 2 rings (SSSR count). The molecule has 0 aliphatic carbocycles. The molecule has 0 amide bonds. The first-order valence-electron chi connectivity index (χ1n) is 5.53. The molecule has 0 atom stereocenters. The van der Waals surface area contributed by atoms with E-state index in [1.165, 1.54) is 19.1 Å². The Balaban J connectivity index is 2.40. The van der Waals surface area contributed by atoms with Gasteiger partial charge in [-0.2, -0.15) is 13.2 Å². The van der Waals surface area contributed by atoms with Crippen LogP contribution in [0.4, 0.5) is 24.0 Å². The van der Waals surface area contributed by atoms with Gasteiger partial charge in [-0.05, 0) is 25.1 Å². The first kappa shape index (κ1) is 15.6. The lowest BCUT2D eigenvalue weighted by Gasteiger charge is -2.13. The Morgan fingerprint density at radius 2 is 2.10 bits per heavy atom. The monoisotopic (exact) mass is 336 g/mol. The van der Waals surface area contributed by atoms with E-state index in [9.17, 15) is 18.0 Å². The van der Waals surface area contributed by atoms with Crippen LogP contribution in [0.1, 0.15) is 20.9 Å². The van der Waals surface area contributed by atoms with Crippen LogP contribution in [0.2, 0.25) is 5.02 Å². The van der Waals surface area contributed by atoms with Crippen LogP contribution in [0.3, 0.4) is 0 Å². The van der Waals surface area contributed by atoms with Crippen molar-refractivity contribution in [1.29, 1.82) is 0 Å². The molecule has 21 heavy (non-hydrogen) atoms. The molecular weight excluding hydrogens is 329 g/mol. The van der Waals surface area contributed by atoms with Crippen LogP contribution in [0.5, 0.6) is 0 Å². The Bertz CT molecular complexity index is 700. The molecule has 0 spiro atoms. The Hall–Kier alpha value is -1.80. The predicted octanol–water partition coefficient (Wildman–Crippen LogP) is 4.57. The van der Waals surface area contributed by atoms with E-state index in [1.54, 1.807) is 0 Å². The third-order valence-electron chi connectivity index (χ3n) is 2.52. The second-order valence-electron chi connectivity index (χ2n) is 4.05. The first-order valence-corrected chi connectivity index (χ1v) is 6.72. The largest absolute Gasteiger partial charge is 0.477 e. The Morgan fingerprint density at radius 3 is 2.62 bits per heavy atom. The fourth-order valence-corrected chi connectivity index (χ4v) is 2.61. The minimum absolute atomic E-state index is 0.0278. The minimum atomic E-state index is -4.59. The summed E-state index contributed by atoms with van der Waals surface area (Å²) in [5.41, 5.74) is -0.949. The van der Waals surface area contributed by atoms with Gasteiger partial charge in [0, 0.05) is 5.02 Å². The molecule has 9 heteroatoms. The lowest BCUT2D eigenvalue weighted by Crippen LogP contribution is -2.08. The number of hydrogen-bond acceptors (Lipinski definition) is 4. The van der Waals surface area contributed by atoms with Crippen LogP contribution < -0.4 is 5.32 Å². The van der Waals surface area contributed by atoms with E-state index >= 15 is 0 Å². The number of rotatable bonds is 3. The van der Waals surface area contributed by atoms with Crippen LogP contribution in [-0.4, -0.2) is 16.1 Å². The van der Waals surface area contributed by atoms with Gasteiger partial charge in [0.2, 0.25) is 0 Å². The van der Waals surface area contributed by atoms with Crippen LogP contribution in [0.25, 0.3) is 0 Å². The van der Waals surface area contributed by atoms with Crippen molar-refractivity contribution < 1.29 is 23.1 Å². The quantitative estimate of drug-likeness (QED) is 0.862. The third-order valence-corrected chi connectivity index (χ3v) is 3.82. The van der Waals surface area contributed by atoms with Gasteiger partial charge in [-0.3, -0.25) is 0 Å². The molecule has 0 bridgehead atoms. The van der Waals surface area contributed by atoms with Crippen molar-refractivity contribution in [2.45, 2.75) is 13.1 Å². The summed E-state index contributed by atoms with van der Waals surface area (Å²) in [6, 6.07) is 3.27. The number of thiazole rings is 1. The number of hydrogen-bond donors (Lipinski definition) is 2. The number of aromatic nitrogens is 1. The number of nitrogens with zero attached hydrogens (tertiary/aromatic N) is 1. The summed E-state index contributed by atoms with van der Waals surface area (Å²) >= 11 is 6.34. The molecule has 1 aromatic carbocycles. The van der Waals surface area contributed by atoms with Crippen molar-refractivity contribution in [3.63, 3.8) is 0 Å². The summed E-state index contributed by atoms with van der Waals surface area (Å²) in [7, 11) is 0. The van der Waals surface area contributed by atoms with Crippen LogP contribution in [-0.2, 0) is 6.18 Å². The van der Waals surface area contributed by atoms with E-state index in [1.807, 2.05) is 0 Å². The molecular formula is C12H8ClF3N2O2S. The van der Waals surface area contributed by atoms with Crippen molar-refractivity contribution in [3.8, 4) is 0 Å². The lowest BCUT2D eigenvalue weighted by molar-refractivity contribution is -0.136. The number of carboxylic acids is 1. The standard InChI is InChI=1S/C12H8ClF3N2O2S/c1-5-9(10(19)20)21-11(17-5)18-8-3-2-6(13)4-7(8)12(14,15)16/h2-4H,1H3,(H,17,18)(H,19,20). The number of anilines is 2. The number of aryl methyl sites for hydroxylation is 1. The molecule has 0 radical (unpaired) electrons. The highest BCUT2D eigenvalue weighted by Gasteiger charge is 2.34. The number of carbonyl (C=O) groups is 1. The summed E-state index contributed by atoms with van der Waals surface area (Å²) in [5.74, 6) is -1.18. The van der Waals surface area contributed by atoms with Crippen molar-refractivity contribution in [2.24, 2.45) is 0 Å². The molecule has 1 heterocycles. The van der Waals surface area contributed by atoms with Crippen LogP contribution >= 0.6 is 22.9 Å². The van der Waals surface area contributed by atoms with E-state index < -0.39 is 17.7 Å². The lowest BCUT2D eigenvalue weighted by atomic mass is 10.1. The van der Waals surface area contributed by atoms with Crippen molar-refractivity contribution >= 4 is 39.7 Å². The SMILES string of the molecule is Cc1nc(Nc2ccc(Cl)cc2C(F)(F)F)sc1C(=O)O. The molecule has 2 N–H and O–H groups in total. The smallest absolute Gasteiger partial charge is 0.418 e. The van der Waals surface area contributed by atoms with E-state index in [2.05, 4.69) is 10.3 Å². The highest BCUT2D eigenvalue weighted by molar-refractivity contribution is 7.17. The molecule has 2 aromatic rings. The van der Waals surface area contributed by atoms with Crippen LogP contribution in [0.15, 0.2) is 18.2 Å². The normalized spacial score (nSPS) is 11.5. The predicted molar refractivity (Wildman–Crippen MR) is 73.5 cm³/mol. The number of aromatic carboxylic acids is 1. The van der Waals surface area contributed by atoms with Crippen molar-refractivity contribution in [3.05, 3.63) is 39.4 Å². The van der Waals surface area contributed by atoms with E-state index in [-0.39, 0.29) is 26.4 Å². The Morgan fingerprint density at radius 1 is 1.43 bits per heavy atom. The van der Waals surface area contributed by atoms with Gasteiger partial charge >= 0.3 is 12.1 Å². The van der Waals surface area contributed by atoms with Crippen molar-refractivity contribution in [2.75, 3.05) is 5.32 Å². The van der Waals surface area contributed by atoms with Gasteiger partial charge < -0.3 is 10.4 Å². The van der Waals surface area contributed by atoms with Crippen LogP contribution in [0, 0.1) is 6.92 Å². The zero-order chi connectivity index (χ0) is 15.8. The maximum absolute atomic E-state index is 12.9. The minimum Gasteiger partial charge on any atom is -0.477 e. The molecule has 112 valence electrons. The van der Waals surface area contributed by atoms with Gasteiger partial charge in [-0.1, -0.05) is 22.9 Å². The summed E-state index contributed by atoms with van der Waals surface area (Å²) in [6.07, 6.45) is -4.59. The second-order valence-corrected chi connectivity index (χ2v) is 5.49. The maximum Gasteiger partial charge on any atom is 0.418 e. The van der Waals surface area contributed by atoms with E-state index in [0.29, 0.717) is 0 Å². The van der Waals surface area contributed by atoms with Gasteiger partial charge in [-0.15, -0.1) is 0 Å². The summed E-state index contributed by atoms with van der Waals surface area (Å²) in [6.45, 7) is 1.47. The number of nitrogens with one attached hydrogen (secondary N) is 1. The third kappa shape index (κ3) is 3.45. The maximum atomic E-state index is 12.9. The summed E-state index contributed by atoms with van der Waals surface area (Å²) < 4.78 is 38.8. The zero-order valence-electron chi connectivity index (χ0n) is 10.5. The first-order chi connectivity index (χ1) is 9.68. The Labute approximate surface area is 126 Å². The molecule has 0 aliphatic heterocycles. The van der Waals surface area contributed by atoms with Gasteiger partial charge in [0.05, 0.1) is 16.9 Å². The van der Waals surface area contributed by atoms with Gasteiger partial charge in [0.15, 0.2) is 5.13 Å². The molecule has 4 nitrogen and oxygen atoms in total. The number of halogens is 4. The number of benzene rings is 1. The highest BCUT2D eigenvalue weighted by atomic mass is 35.5. The average molecular weight is 337 g/mol. The fourth-order valence-electron chi connectivity index (χ4n) is 1.62. The second kappa shape index (κ2) is 5.53. The van der Waals surface area contributed by atoms with Gasteiger partial charge in [0.1, 0.15) is 4.88 Å². The summed E-state index contributed by atoms with van der Waals surface area (Å²) in [4.78, 5) is 14.8. The molecule has 0 saturated heterocycles. The molecule has 0 unspecified atom stereocenters. The van der Waals surface area contributed by atoms with E-state index in [0.717, 1.165) is 17.4 Å². The number of carboxylic acid groups (broad SMARTS) is 1. The topological polar surface area (TPSA) is 62.2 Å². The fraction of sp³-hybridized carbons (Fsp3) is 0.167. The van der Waals surface area contributed by atoms with Gasteiger partial charge in [0.25, 0.3) is 0 Å². The van der Waals surface area contributed by atoms with Crippen molar-refractivity contribution in [1.82, 2.24) is 4.98 Å². The average Bonchev–Trinajstić information content (AvgIpc) is 2.71. The molecule has 0 saturated carbocycles. The molecule has 0 fully saturated rings. The van der Waals surface area contributed by atoms with Gasteiger partial charge in [-0.25, -0.2) is 9.78 Å². The zero-order valence-corrected chi connectivity index (χ0v) is 12.0. The number of alkyl halides is 3.